The second-order valence-electron chi connectivity index (χ2n) is 7.99. The summed E-state index contributed by atoms with van der Waals surface area (Å²) < 4.78 is 114. The molecule has 0 fully saturated rings. The molecule has 0 bridgehead atoms. The van der Waals surface area contributed by atoms with Gasteiger partial charge in [0, 0.05) is 22.2 Å². The summed E-state index contributed by atoms with van der Waals surface area (Å²) in [5.41, 5.74) is 0.965. The summed E-state index contributed by atoms with van der Waals surface area (Å²) >= 11 is 0. The molecule has 0 saturated heterocycles. The molecule has 39 heavy (non-hydrogen) atoms. The quantitative estimate of drug-likeness (QED) is 0.185. The maximum atomic E-state index is 12.2. The Morgan fingerprint density at radius 1 is 0.795 bits per heavy atom. The van der Waals surface area contributed by atoms with E-state index in [4.69, 9.17) is 9.47 Å². The van der Waals surface area contributed by atoms with E-state index >= 15 is 0 Å². The zero-order chi connectivity index (χ0) is 28.2. The molecule has 0 saturated carbocycles. The smallest absolute Gasteiger partial charge is 0.744 e. The number of ether oxygens (including phenoxy) is 2. The maximum Gasteiger partial charge on any atom is 1.00 e. The molecule has 4 rings (SSSR count). The average molecular weight is 607 g/mol. The normalized spacial score (nSPS) is 12.3. The zero-order valence-electron chi connectivity index (χ0n) is 20.8. The molecule has 0 aliphatic heterocycles. The summed E-state index contributed by atoms with van der Waals surface area (Å²) in [6.07, 6.45) is 0. The first kappa shape index (κ1) is 31.0. The van der Waals surface area contributed by atoms with E-state index in [-0.39, 0.29) is 40.9 Å². The number of hydrogen-bond acceptors (Lipinski definition) is 11. The third-order valence-corrected chi connectivity index (χ3v) is 8.18. The zero-order valence-corrected chi connectivity index (χ0v) is 25.2. The molecule has 1 aromatic heterocycles. The molecular weight excluding hydrogens is 587 g/mol. The van der Waals surface area contributed by atoms with Gasteiger partial charge in [-0.3, -0.25) is 9.11 Å². The van der Waals surface area contributed by atoms with Crippen LogP contribution in [0.2, 0.25) is 0 Å². The Kier molecular flexibility index (Phi) is 8.58. The fraction of sp³-hybridized carbons (Fsp3) is 0.136. The molecule has 0 aliphatic carbocycles. The second-order valence-corrected chi connectivity index (χ2v) is 12.1. The number of fused-ring (bicyclic) bond motifs is 2. The van der Waals surface area contributed by atoms with E-state index < -0.39 is 55.8 Å². The number of rotatable bonds is 7. The minimum absolute atomic E-state index is 0. The summed E-state index contributed by atoms with van der Waals surface area (Å²) in [7, 11) is -12.8. The van der Waals surface area contributed by atoms with Gasteiger partial charge in [0.2, 0.25) is 0 Å². The van der Waals surface area contributed by atoms with Gasteiger partial charge in [0.25, 0.3) is 20.2 Å². The molecular formula is C22H19N2NaO11S3. The number of benzene rings is 3. The molecule has 0 amide bonds. The van der Waals surface area contributed by atoms with Gasteiger partial charge in [0.1, 0.15) is 32.0 Å². The molecule has 3 N–H and O–H groups in total. The molecule has 0 aliphatic rings. The van der Waals surface area contributed by atoms with Crippen LogP contribution >= 0.6 is 0 Å². The number of aromatic nitrogens is 1. The van der Waals surface area contributed by atoms with Crippen molar-refractivity contribution in [2.75, 3.05) is 19.5 Å². The van der Waals surface area contributed by atoms with E-state index in [0.29, 0.717) is 40.2 Å². The van der Waals surface area contributed by atoms with Crippen LogP contribution in [-0.2, 0) is 30.4 Å². The first-order valence-corrected chi connectivity index (χ1v) is 14.7. The first-order chi connectivity index (χ1) is 17.6. The number of pyridine rings is 1. The largest absolute Gasteiger partial charge is 1.00 e. The number of hydrogen-bond donors (Lipinski definition) is 3. The number of nitrogens with zero attached hydrogens (tertiary/aromatic N) is 1. The molecule has 0 unspecified atom stereocenters. The van der Waals surface area contributed by atoms with E-state index in [1.165, 1.54) is 14.2 Å². The topological polar surface area (TPSA) is 209 Å². The van der Waals surface area contributed by atoms with Crippen LogP contribution in [0.1, 0.15) is 5.69 Å². The van der Waals surface area contributed by atoms with Crippen molar-refractivity contribution in [1.82, 2.24) is 4.98 Å². The van der Waals surface area contributed by atoms with Crippen molar-refractivity contribution in [3.05, 3.63) is 48.2 Å². The molecule has 4 aromatic rings. The van der Waals surface area contributed by atoms with Crippen LogP contribution in [0, 0.1) is 6.92 Å². The third kappa shape index (κ3) is 5.98. The fourth-order valence-electron chi connectivity index (χ4n) is 4.06. The molecule has 1 heterocycles. The van der Waals surface area contributed by atoms with Gasteiger partial charge in [-0.15, -0.1) is 0 Å². The summed E-state index contributed by atoms with van der Waals surface area (Å²) in [5, 5.41) is 2.12. The number of aryl methyl sites for hydroxylation is 1. The van der Waals surface area contributed by atoms with Crippen molar-refractivity contribution in [3.63, 3.8) is 0 Å². The van der Waals surface area contributed by atoms with E-state index in [2.05, 4.69) is 10.3 Å². The molecule has 17 heteroatoms. The van der Waals surface area contributed by atoms with Crippen LogP contribution in [0.25, 0.3) is 21.7 Å². The monoisotopic (exact) mass is 606 g/mol. The fourth-order valence-corrected chi connectivity index (χ4v) is 6.09. The maximum absolute atomic E-state index is 12.2. The SMILES string of the molecule is COc1ccc(OC)c2c(Nc3ccc(S(=O)(=O)O)c4cc(S(=O)(=O)O)cc(S(=O)(=O)[O-])c34)cc(C)nc12.[Na+]. The van der Waals surface area contributed by atoms with Crippen molar-refractivity contribution >= 4 is 63.4 Å². The van der Waals surface area contributed by atoms with Gasteiger partial charge in [-0.05, 0) is 49.4 Å². The van der Waals surface area contributed by atoms with Crippen molar-refractivity contribution in [2.45, 2.75) is 21.6 Å². The van der Waals surface area contributed by atoms with Crippen molar-refractivity contribution < 1.29 is 77.9 Å². The van der Waals surface area contributed by atoms with Crippen molar-refractivity contribution in [2.24, 2.45) is 0 Å². The Morgan fingerprint density at radius 3 is 1.95 bits per heavy atom. The van der Waals surface area contributed by atoms with Crippen LogP contribution in [0.4, 0.5) is 11.4 Å². The summed E-state index contributed by atoms with van der Waals surface area (Å²) in [6, 6.07) is 7.77. The van der Waals surface area contributed by atoms with Crippen LogP contribution < -0.4 is 44.3 Å². The van der Waals surface area contributed by atoms with Crippen LogP contribution in [0.15, 0.2) is 57.2 Å². The Morgan fingerprint density at radius 2 is 1.41 bits per heavy atom. The molecule has 0 radical (unpaired) electrons. The summed E-state index contributed by atoms with van der Waals surface area (Å²) in [5.74, 6) is 0.708. The molecule has 13 nitrogen and oxygen atoms in total. The Balaban J connectivity index is 0.00000420. The van der Waals surface area contributed by atoms with Gasteiger partial charge in [0.15, 0.2) is 0 Å². The minimum Gasteiger partial charge on any atom is -0.744 e. The Labute approximate surface area is 245 Å². The molecule has 3 aromatic carbocycles. The summed E-state index contributed by atoms with van der Waals surface area (Å²) in [6.45, 7) is 1.66. The Bertz CT molecular complexity index is 1960. The Hall–Kier alpha value is -2.54. The minimum atomic E-state index is -5.46. The average Bonchev–Trinajstić information content (AvgIpc) is 2.80. The third-order valence-electron chi connectivity index (χ3n) is 5.58. The van der Waals surface area contributed by atoms with E-state index in [0.717, 1.165) is 12.1 Å². The van der Waals surface area contributed by atoms with E-state index in [9.17, 15) is 38.9 Å². The van der Waals surface area contributed by atoms with E-state index in [1.54, 1.807) is 25.1 Å². The van der Waals surface area contributed by atoms with Gasteiger partial charge in [-0.25, -0.2) is 13.4 Å². The van der Waals surface area contributed by atoms with Crippen LogP contribution in [-0.4, -0.2) is 58.1 Å². The van der Waals surface area contributed by atoms with Crippen molar-refractivity contribution in [1.29, 1.82) is 0 Å². The van der Waals surface area contributed by atoms with Gasteiger partial charge in [-0.2, -0.15) is 16.8 Å². The van der Waals surface area contributed by atoms with Gasteiger partial charge >= 0.3 is 29.6 Å². The van der Waals surface area contributed by atoms with E-state index in [1.807, 2.05) is 0 Å². The van der Waals surface area contributed by atoms with Crippen LogP contribution in [0.5, 0.6) is 11.5 Å². The van der Waals surface area contributed by atoms with Gasteiger partial charge < -0.3 is 19.3 Å². The molecule has 0 spiro atoms. The first-order valence-electron chi connectivity index (χ1n) is 10.4. The predicted molar refractivity (Wildman–Crippen MR) is 134 cm³/mol. The number of anilines is 2. The van der Waals surface area contributed by atoms with Crippen LogP contribution in [0.3, 0.4) is 0 Å². The molecule has 202 valence electrons. The van der Waals surface area contributed by atoms with Crippen molar-refractivity contribution in [3.8, 4) is 11.5 Å². The summed E-state index contributed by atoms with van der Waals surface area (Å²) in [4.78, 5) is 1.34. The molecule has 0 atom stereocenters. The number of nitrogens with one attached hydrogen (secondary N) is 1. The number of methoxy groups -OCH3 is 2. The standard InChI is InChI=1S/C22H20N2O11S3.Na/c1-11-8-15(21-16(34-2)5-6-17(35-3)22(21)23-11)24-14-4-7-18(37(28,29)30)13-9-12(36(25,26)27)10-19(20(13)14)38(31,32)33;/h4-10H,1-3H3,(H,23,24)(H,25,26,27)(H,28,29,30)(H,31,32,33);/q;+1/p-1. The van der Waals surface area contributed by atoms with Gasteiger partial charge in [0.05, 0.1) is 35.1 Å². The second kappa shape index (κ2) is 10.8. The predicted octanol–water partition coefficient (Wildman–Crippen LogP) is -0.141. The van der Waals surface area contributed by atoms with Gasteiger partial charge in [-0.1, -0.05) is 0 Å².